The Morgan fingerprint density at radius 3 is 2.61 bits per heavy atom. The normalized spacial score (nSPS) is 10.7. The minimum atomic E-state index is -1.16. The summed E-state index contributed by atoms with van der Waals surface area (Å²) in [7, 11) is 0. The van der Waals surface area contributed by atoms with Crippen LogP contribution >= 0.6 is 0 Å². The van der Waals surface area contributed by atoms with Gasteiger partial charge in [-0.1, -0.05) is 18.2 Å². The molecule has 0 saturated heterocycles. The predicted octanol–water partition coefficient (Wildman–Crippen LogP) is 2.84. The Morgan fingerprint density at radius 1 is 1.17 bits per heavy atom. The van der Waals surface area contributed by atoms with Crippen LogP contribution in [0.3, 0.4) is 0 Å². The second kappa shape index (κ2) is 5.49. The first kappa shape index (κ1) is 14.6. The third kappa shape index (κ3) is 2.62. The van der Waals surface area contributed by atoms with Gasteiger partial charge in [-0.25, -0.2) is 4.79 Å². The van der Waals surface area contributed by atoms with Crippen LogP contribution in [0.15, 0.2) is 48.7 Å². The van der Waals surface area contributed by atoms with E-state index in [9.17, 15) is 14.7 Å². The SMILES string of the molecule is CC(=O)Oc1cc(-n2cc(N)c3ccccc32)ccc1C(=O)O. The van der Waals surface area contributed by atoms with E-state index in [1.54, 1.807) is 12.3 Å². The largest absolute Gasteiger partial charge is 0.478 e. The lowest BCUT2D eigenvalue weighted by Crippen LogP contribution is -2.08. The zero-order valence-electron chi connectivity index (χ0n) is 12.3. The molecule has 0 aliphatic rings. The van der Waals surface area contributed by atoms with E-state index in [4.69, 9.17) is 10.5 Å². The third-order valence-corrected chi connectivity index (χ3v) is 3.47. The molecule has 0 spiro atoms. The molecule has 3 aromatic rings. The molecule has 116 valence electrons. The molecule has 3 N–H and O–H groups in total. The molecule has 0 amide bonds. The van der Waals surface area contributed by atoms with Gasteiger partial charge in [0.15, 0.2) is 0 Å². The van der Waals surface area contributed by atoms with Crippen LogP contribution in [0.4, 0.5) is 5.69 Å². The number of aromatic carboxylic acids is 1. The van der Waals surface area contributed by atoms with Crippen molar-refractivity contribution in [1.82, 2.24) is 4.57 Å². The number of benzene rings is 2. The average molecular weight is 310 g/mol. The number of carbonyl (C=O) groups is 2. The Labute approximate surface area is 131 Å². The highest BCUT2D eigenvalue weighted by atomic mass is 16.5. The molecule has 0 radical (unpaired) electrons. The number of rotatable bonds is 3. The first-order chi connectivity index (χ1) is 11.0. The number of fused-ring (bicyclic) bond motifs is 1. The highest BCUT2D eigenvalue weighted by Gasteiger charge is 2.15. The molecule has 0 aliphatic carbocycles. The first-order valence-corrected chi connectivity index (χ1v) is 6.89. The van der Waals surface area contributed by atoms with Gasteiger partial charge in [0.1, 0.15) is 11.3 Å². The fourth-order valence-corrected chi connectivity index (χ4v) is 2.50. The van der Waals surface area contributed by atoms with Gasteiger partial charge in [-0.2, -0.15) is 0 Å². The molecule has 6 nitrogen and oxygen atoms in total. The first-order valence-electron chi connectivity index (χ1n) is 6.89. The van der Waals surface area contributed by atoms with Crippen molar-refractivity contribution in [2.75, 3.05) is 5.73 Å². The molecular weight excluding hydrogens is 296 g/mol. The number of nitrogens with zero attached hydrogens (tertiary/aromatic N) is 1. The zero-order valence-corrected chi connectivity index (χ0v) is 12.3. The second-order valence-electron chi connectivity index (χ2n) is 5.05. The molecule has 0 aliphatic heterocycles. The fraction of sp³-hybridized carbons (Fsp3) is 0.0588. The van der Waals surface area contributed by atoms with Crippen LogP contribution in [0.25, 0.3) is 16.6 Å². The standard InChI is InChI=1S/C17H14N2O4/c1-10(20)23-16-8-11(6-7-13(16)17(21)22)19-9-14(18)12-4-2-3-5-15(12)19/h2-9H,18H2,1H3,(H,21,22). The molecule has 3 rings (SSSR count). The molecule has 23 heavy (non-hydrogen) atoms. The van der Waals surface area contributed by atoms with Crippen molar-refractivity contribution in [3.63, 3.8) is 0 Å². The van der Waals surface area contributed by atoms with Gasteiger partial charge in [0, 0.05) is 30.3 Å². The van der Waals surface area contributed by atoms with Crippen LogP contribution < -0.4 is 10.5 Å². The number of anilines is 1. The number of nitrogen functional groups attached to an aromatic ring is 1. The summed E-state index contributed by atoms with van der Waals surface area (Å²) in [6, 6.07) is 12.1. The van der Waals surface area contributed by atoms with E-state index in [0.717, 1.165) is 10.9 Å². The van der Waals surface area contributed by atoms with Gasteiger partial charge in [0.25, 0.3) is 0 Å². The second-order valence-corrected chi connectivity index (χ2v) is 5.05. The average Bonchev–Trinajstić information content (AvgIpc) is 2.84. The summed E-state index contributed by atoms with van der Waals surface area (Å²) < 4.78 is 6.85. The third-order valence-electron chi connectivity index (χ3n) is 3.47. The number of carbonyl (C=O) groups excluding carboxylic acids is 1. The van der Waals surface area contributed by atoms with Gasteiger partial charge in [-0.3, -0.25) is 4.79 Å². The van der Waals surface area contributed by atoms with Crippen LogP contribution in [0, 0.1) is 0 Å². The number of carboxylic acid groups (broad SMARTS) is 1. The van der Waals surface area contributed by atoms with E-state index in [0.29, 0.717) is 11.4 Å². The quantitative estimate of drug-likeness (QED) is 0.573. The molecule has 1 aromatic heterocycles. The van der Waals surface area contributed by atoms with Crippen LogP contribution in [0.2, 0.25) is 0 Å². The summed E-state index contributed by atoms with van der Waals surface area (Å²) in [6.07, 6.45) is 1.75. The van der Waals surface area contributed by atoms with Crippen LogP contribution in [-0.4, -0.2) is 21.6 Å². The van der Waals surface area contributed by atoms with E-state index < -0.39 is 11.9 Å². The minimum absolute atomic E-state index is 0.00106. The molecule has 1 heterocycles. The van der Waals surface area contributed by atoms with E-state index in [1.807, 2.05) is 28.8 Å². The molecule has 6 heteroatoms. The maximum absolute atomic E-state index is 11.2. The molecule has 2 aromatic carbocycles. The van der Waals surface area contributed by atoms with E-state index >= 15 is 0 Å². The van der Waals surface area contributed by atoms with Gasteiger partial charge >= 0.3 is 11.9 Å². The summed E-state index contributed by atoms with van der Waals surface area (Å²) in [5.41, 5.74) is 8.07. The Balaban J connectivity index is 2.19. The van der Waals surface area contributed by atoms with Crippen molar-refractivity contribution in [1.29, 1.82) is 0 Å². The predicted molar refractivity (Wildman–Crippen MR) is 86.0 cm³/mol. The highest BCUT2D eigenvalue weighted by Crippen LogP contribution is 2.29. The summed E-state index contributed by atoms with van der Waals surface area (Å²) in [5, 5.41) is 10.1. The van der Waals surface area contributed by atoms with Crippen LogP contribution in [0.5, 0.6) is 5.75 Å². The Kier molecular flexibility index (Phi) is 3.50. The summed E-state index contributed by atoms with van der Waals surface area (Å²) >= 11 is 0. The Bertz CT molecular complexity index is 927. The monoisotopic (exact) mass is 310 g/mol. The maximum atomic E-state index is 11.2. The number of carboxylic acids is 1. The lowest BCUT2D eigenvalue weighted by atomic mass is 10.1. The minimum Gasteiger partial charge on any atom is -0.478 e. The number of hydrogen-bond donors (Lipinski definition) is 2. The molecule has 0 bridgehead atoms. The number of ether oxygens (including phenoxy) is 1. The molecule has 0 unspecified atom stereocenters. The Morgan fingerprint density at radius 2 is 1.91 bits per heavy atom. The number of hydrogen-bond acceptors (Lipinski definition) is 4. The van der Waals surface area contributed by atoms with Crippen molar-refractivity contribution < 1.29 is 19.4 Å². The smallest absolute Gasteiger partial charge is 0.339 e. The van der Waals surface area contributed by atoms with Crippen molar-refractivity contribution in [3.8, 4) is 11.4 Å². The highest BCUT2D eigenvalue weighted by molar-refractivity contribution is 5.94. The topological polar surface area (TPSA) is 94.5 Å². The van der Waals surface area contributed by atoms with Crippen molar-refractivity contribution in [2.45, 2.75) is 6.92 Å². The number of nitrogens with two attached hydrogens (primary N) is 1. The molecular formula is C17H14N2O4. The lowest BCUT2D eigenvalue weighted by molar-refractivity contribution is -0.131. The van der Waals surface area contributed by atoms with Crippen molar-refractivity contribution in [2.24, 2.45) is 0 Å². The van der Waals surface area contributed by atoms with Crippen molar-refractivity contribution >= 4 is 28.5 Å². The molecule has 0 fully saturated rings. The number of aromatic nitrogens is 1. The zero-order chi connectivity index (χ0) is 16.6. The van der Waals surface area contributed by atoms with Gasteiger partial charge < -0.3 is 20.1 Å². The van der Waals surface area contributed by atoms with Gasteiger partial charge in [0.05, 0.1) is 11.2 Å². The molecule has 0 saturated carbocycles. The van der Waals surface area contributed by atoms with Gasteiger partial charge in [0.2, 0.25) is 0 Å². The fourth-order valence-electron chi connectivity index (χ4n) is 2.50. The number of esters is 1. The summed E-state index contributed by atoms with van der Waals surface area (Å²) in [6.45, 7) is 1.22. The summed E-state index contributed by atoms with van der Waals surface area (Å²) in [4.78, 5) is 22.5. The van der Waals surface area contributed by atoms with E-state index in [-0.39, 0.29) is 11.3 Å². The van der Waals surface area contributed by atoms with E-state index in [1.165, 1.54) is 19.1 Å². The van der Waals surface area contributed by atoms with Crippen molar-refractivity contribution in [3.05, 3.63) is 54.2 Å². The lowest BCUT2D eigenvalue weighted by Gasteiger charge is -2.10. The maximum Gasteiger partial charge on any atom is 0.339 e. The van der Waals surface area contributed by atoms with Crippen LogP contribution in [-0.2, 0) is 4.79 Å². The molecule has 0 atom stereocenters. The van der Waals surface area contributed by atoms with Gasteiger partial charge in [-0.05, 0) is 18.2 Å². The van der Waals surface area contributed by atoms with Gasteiger partial charge in [-0.15, -0.1) is 0 Å². The summed E-state index contributed by atoms with van der Waals surface area (Å²) in [5.74, 6) is -1.75. The van der Waals surface area contributed by atoms with E-state index in [2.05, 4.69) is 0 Å². The van der Waals surface area contributed by atoms with Crippen LogP contribution in [0.1, 0.15) is 17.3 Å². The Hall–Kier alpha value is -3.28. The number of para-hydroxylation sites is 1.